The molecule has 3 aromatic rings. The highest BCUT2D eigenvalue weighted by Gasteiger charge is 2.28. The lowest BCUT2D eigenvalue weighted by Gasteiger charge is -2.17. The minimum absolute atomic E-state index is 0.0932. The van der Waals surface area contributed by atoms with Gasteiger partial charge in [0, 0.05) is 30.3 Å². The zero-order chi connectivity index (χ0) is 19.0. The molecule has 5 heteroatoms. The predicted molar refractivity (Wildman–Crippen MR) is 106 cm³/mol. The number of likely N-dealkylation sites (N-methyl/N-ethyl adjacent to an activating group) is 1. The van der Waals surface area contributed by atoms with E-state index in [0.717, 1.165) is 12.0 Å². The molecule has 0 aliphatic carbocycles. The van der Waals surface area contributed by atoms with Gasteiger partial charge < -0.3 is 14.6 Å². The Hall–Kier alpha value is -2.92. The van der Waals surface area contributed by atoms with E-state index in [1.165, 1.54) is 0 Å². The number of fused-ring (bicyclic) bond motifs is 1. The average molecular weight is 362 g/mol. The number of amides is 1. The van der Waals surface area contributed by atoms with Crippen LogP contribution in [-0.4, -0.2) is 37.0 Å². The number of hydrogen-bond donors (Lipinski definition) is 1. The molecule has 5 nitrogen and oxygen atoms in total. The SMILES string of the molecule is CN[C@@H]1CCN(C(=O)c2cccc3c(=O)c(C)c(-c4ccccc4)oc23)C1. The third kappa shape index (κ3) is 3.04. The van der Waals surface area contributed by atoms with E-state index in [1.54, 1.807) is 25.1 Å². The number of carbonyl (C=O) groups excluding carboxylic acids is 1. The summed E-state index contributed by atoms with van der Waals surface area (Å²) < 4.78 is 6.16. The van der Waals surface area contributed by atoms with Gasteiger partial charge >= 0.3 is 0 Å². The monoisotopic (exact) mass is 362 g/mol. The molecule has 2 aromatic carbocycles. The Morgan fingerprint density at radius 1 is 1.15 bits per heavy atom. The van der Waals surface area contributed by atoms with E-state index >= 15 is 0 Å². The van der Waals surface area contributed by atoms with Gasteiger partial charge in [0.15, 0.2) is 11.0 Å². The molecule has 0 radical (unpaired) electrons. The highest BCUT2D eigenvalue weighted by atomic mass is 16.3. The highest BCUT2D eigenvalue weighted by Crippen LogP contribution is 2.28. The fraction of sp³-hybridized carbons (Fsp3) is 0.273. The van der Waals surface area contributed by atoms with Gasteiger partial charge in [0.1, 0.15) is 5.76 Å². The van der Waals surface area contributed by atoms with Gasteiger partial charge in [0.05, 0.1) is 10.9 Å². The summed E-state index contributed by atoms with van der Waals surface area (Å²) in [5.41, 5.74) is 2.09. The quantitative estimate of drug-likeness (QED) is 0.777. The van der Waals surface area contributed by atoms with E-state index in [9.17, 15) is 9.59 Å². The van der Waals surface area contributed by atoms with Gasteiger partial charge in [-0.1, -0.05) is 36.4 Å². The summed E-state index contributed by atoms with van der Waals surface area (Å²) in [5.74, 6) is 0.423. The van der Waals surface area contributed by atoms with E-state index in [1.807, 2.05) is 42.3 Å². The number of para-hydroxylation sites is 1. The Morgan fingerprint density at radius 2 is 1.93 bits per heavy atom. The van der Waals surface area contributed by atoms with Crippen molar-refractivity contribution < 1.29 is 9.21 Å². The Labute approximate surface area is 157 Å². The van der Waals surface area contributed by atoms with Crippen molar-refractivity contribution in [2.75, 3.05) is 20.1 Å². The molecular formula is C22H22N2O3. The van der Waals surface area contributed by atoms with Gasteiger partial charge in [-0.25, -0.2) is 0 Å². The number of nitrogens with zero attached hydrogens (tertiary/aromatic N) is 1. The molecule has 0 spiro atoms. The average Bonchev–Trinajstić information content (AvgIpc) is 3.19. The standard InChI is InChI=1S/C22H22N2O3/c1-14-19(25)17-9-6-10-18(22(26)24-12-11-16(13-24)23-2)21(17)27-20(14)15-7-4-3-5-8-15/h3-10,16,23H,11-13H2,1-2H3/t16-/m1/s1. The van der Waals surface area contributed by atoms with Gasteiger partial charge in [0.25, 0.3) is 5.91 Å². The molecule has 1 fully saturated rings. The summed E-state index contributed by atoms with van der Waals surface area (Å²) in [7, 11) is 1.91. The zero-order valence-electron chi connectivity index (χ0n) is 15.5. The van der Waals surface area contributed by atoms with Gasteiger partial charge in [-0.2, -0.15) is 0 Å². The number of carbonyl (C=O) groups is 1. The third-order valence-corrected chi connectivity index (χ3v) is 5.30. The minimum atomic E-state index is -0.0979. The normalized spacial score (nSPS) is 16.8. The molecule has 138 valence electrons. The summed E-state index contributed by atoms with van der Waals surface area (Å²) in [4.78, 5) is 27.8. The lowest BCUT2D eigenvalue weighted by Crippen LogP contribution is -2.33. The Kier molecular flexibility index (Phi) is 4.54. The molecule has 0 unspecified atom stereocenters. The van der Waals surface area contributed by atoms with Crippen LogP contribution in [0.3, 0.4) is 0 Å². The molecule has 1 aliphatic heterocycles. The summed E-state index contributed by atoms with van der Waals surface area (Å²) in [6.07, 6.45) is 0.922. The fourth-order valence-corrected chi connectivity index (χ4v) is 3.69. The molecule has 27 heavy (non-hydrogen) atoms. The number of hydrogen-bond acceptors (Lipinski definition) is 4. The molecular weight excluding hydrogens is 340 g/mol. The van der Waals surface area contributed by atoms with Gasteiger partial charge in [-0.05, 0) is 32.5 Å². The highest BCUT2D eigenvalue weighted by molar-refractivity contribution is 6.05. The van der Waals surface area contributed by atoms with Crippen molar-refractivity contribution in [1.82, 2.24) is 10.2 Å². The lowest BCUT2D eigenvalue weighted by atomic mass is 10.0. The third-order valence-electron chi connectivity index (χ3n) is 5.30. The molecule has 0 bridgehead atoms. The molecule has 1 atom stereocenters. The van der Waals surface area contributed by atoms with Crippen LogP contribution in [0.4, 0.5) is 0 Å². The summed E-state index contributed by atoms with van der Waals surface area (Å²) in [6.45, 7) is 3.12. The molecule has 1 aliphatic rings. The van der Waals surface area contributed by atoms with Crippen LogP contribution < -0.4 is 10.7 Å². The summed E-state index contributed by atoms with van der Waals surface area (Å²) >= 11 is 0. The van der Waals surface area contributed by atoms with Gasteiger partial charge in [-0.3, -0.25) is 9.59 Å². The lowest BCUT2D eigenvalue weighted by molar-refractivity contribution is 0.0790. The second-order valence-corrected chi connectivity index (χ2v) is 6.96. The molecule has 4 rings (SSSR count). The maximum Gasteiger partial charge on any atom is 0.257 e. The largest absolute Gasteiger partial charge is 0.455 e. The maximum absolute atomic E-state index is 13.1. The first-order valence-corrected chi connectivity index (χ1v) is 9.18. The first-order valence-electron chi connectivity index (χ1n) is 9.18. The van der Waals surface area contributed by atoms with E-state index < -0.39 is 0 Å². The van der Waals surface area contributed by atoms with Crippen molar-refractivity contribution in [3.63, 3.8) is 0 Å². The van der Waals surface area contributed by atoms with E-state index in [-0.39, 0.29) is 11.3 Å². The van der Waals surface area contributed by atoms with Crippen LogP contribution in [0.15, 0.2) is 57.7 Å². The van der Waals surface area contributed by atoms with E-state index in [0.29, 0.717) is 47.0 Å². The number of nitrogens with one attached hydrogen (secondary N) is 1. The zero-order valence-corrected chi connectivity index (χ0v) is 15.5. The second kappa shape index (κ2) is 7.00. The molecule has 0 saturated carbocycles. The molecule has 1 aromatic heterocycles. The molecule has 1 N–H and O–H groups in total. The van der Waals surface area contributed by atoms with E-state index in [2.05, 4.69) is 5.32 Å². The second-order valence-electron chi connectivity index (χ2n) is 6.96. The first-order chi connectivity index (χ1) is 13.1. The Balaban J connectivity index is 1.86. The summed E-state index contributed by atoms with van der Waals surface area (Å²) in [6, 6.07) is 15.0. The van der Waals surface area contributed by atoms with Crippen molar-refractivity contribution in [3.8, 4) is 11.3 Å². The van der Waals surface area contributed by atoms with Gasteiger partial charge in [-0.15, -0.1) is 0 Å². The molecule has 1 saturated heterocycles. The van der Waals surface area contributed by atoms with Crippen LogP contribution in [0.5, 0.6) is 0 Å². The van der Waals surface area contributed by atoms with Crippen LogP contribution in [0.25, 0.3) is 22.3 Å². The number of rotatable bonds is 3. The number of likely N-dealkylation sites (tertiary alicyclic amines) is 1. The van der Waals surface area contributed by atoms with Crippen molar-refractivity contribution in [2.24, 2.45) is 0 Å². The van der Waals surface area contributed by atoms with Crippen molar-refractivity contribution in [1.29, 1.82) is 0 Å². The maximum atomic E-state index is 13.1. The van der Waals surface area contributed by atoms with Crippen molar-refractivity contribution >= 4 is 16.9 Å². The molecule has 2 heterocycles. The smallest absolute Gasteiger partial charge is 0.257 e. The predicted octanol–water partition coefficient (Wildman–Crippen LogP) is 3.20. The van der Waals surface area contributed by atoms with Crippen LogP contribution in [-0.2, 0) is 0 Å². The topological polar surface area (TPSA) is 62.6 Å². The van der Waals surface area contributed by atoms with Crippen molar-refractivity contribution in [2.45, 2.75) is 19.4 Å². The summed E-state index contributed by atoms with van der Waals surface area (Å²) in [5, 5.41) is 3.66. The van der Waals surface area contributed by atoms with Crippen LogP contribution >= 0.6 is 0 Å². The Bertz CT molecular complexity index is 1060. The van der Waals surface area contributed by atoms with Crippen LogP contribution in [0, 0.1) is 6.92 Å². The minimum Gasteiger partial charge on any atom is -0.455 e. The van der Waals surface area contributed by atoms with Crippen LogP contribution in [0.2, 0.25) is 0 Å². The molecule has 1 amide bonds. The van der Waals surface area contributed by atoms with E-state index in [4.69, 9.17) is 4.42 Å². The van der Waals surface area contributed by atoms with Gasteiger partial charge in [0.2, 0.25) is 0 Å². The first kappa shape index (κ1) is 17.5. The fourth-order valence-electron chi connectivity index (χ4n) is 3.69. The van der Waals surface area contributed by atoms with Crippen LogP contribution in [0.1, 0.15) is 22.3 Å². The van der Waals surface area contributed by atoms with Crippen molar-refractivity contribution in [3.05, 3.63) is 69.9 Å². The Morgan fingerprint density at radius 3 is 2.63 bits per heavy atom. The number of benzene rings is 2.